The molecule has 3 heterocycles. The summed E-state index contributed by atoms with van der Waals surface area (Å²) in [5.41, 5.74) is 0.751. The van der Waals surface area contributed by atoms with Crippen LogP contribution in [0.15, 0.2) is 24.3 Å². The maximum atomic E-state index is 13.2. The van der Waals surface area contributed by atoms with Gasteiger partial charge < -0.3 is 14.4 Å². The van der Waals surface area contributed by atoms with Gasteiger partial charge in [0, 0.05) is 55.3 Å². The van der Waals surface area contributed by atoms with Crippen molar-refractivity contribution < 1.29 is 14.3 Å². The number of epoxide rings is 1. The number of piperazine rings is 1. The van der Waals surface area contributed by atoms with Crippen LogP contribution >= 0.6 is 11.6 Å². The SMILES string of the molecule is C[C@@H]1CC[C@@H]2[C@H](CN3CCN(c4cccc(Cl)c4)CC3)C(=O)O[C@@]23[C@@H]1CC[C@@]1(C)O[C@H]31. The number of ether oxygens (including phenoxy) is 2. The van der Waals surface area contributed by atoms with Crippen molar-refractivity contribution in [2.45, 2.75) is 56.8 Å². The van der Waals surface area contributed by atoms with Crippen LogP contribution in [0.4, 0.5) is 5.69 Å². The number of benzene rings is 1. The van der Waals surface area contributed by atoms with E-state index >= 15 is 0 Å². The first-order valence-corrected chi connectivity index (χ1v) is 12.4. The van der Waals surface area contributed by atoms with E-state index in [-0.39, 0.29) is 29.2 Å². The van der Waals surface area contributed by atoms with Crippen LogP contribution in [0.5, 0.6) is 0 Å². The summed E-state index contributed by atoms with van der Waals surface area (Å²) >= 11 is 6.18. The zero-order valence-corrected chi connectivity index (χ0v) is 19.3. The minimum Gasteiger partial charge on any atom is -0.455 e. The summed E-state index contributed by atoms with van der Waals surface area (Å²) in [4.78, 5) is 18.1. The maximum absolute atomic E-state index is 13.2. The lowest BCUT2D eigenvalue weighted by molar-refractivity contribution is -0.168. The Kier molecular flexibility index (Phi) is 4.65. The number of rotatable bonds is 3. The normalized spacial score (nSPS) is 44.3. The van der Waals surface area contributed by atoms with Crippen molar-refractivity contribution in [3.8, 4) is 0 Å². The van der Waals surface area contributed by atoms with Crippen molar-refractivity contribution in [3.63, 3.8) is 0 Å². The summed E-state index contributed by atoms with van der Waals surface area (Å²) in [5, 5.41) is 0.779. The van der Waals surface area contributed by atoms with Crippen molar-refractivity contribution in [1.82, 2.24) is 4.90 Å². The van der Waals surface area contributed by atoms with Crippen molar-refractivity contribution in [1.29, 1.82) is 0 Å². The van der Waals surface area contributed by atoms with E-state index in [4.69, 9.17) is 21.1 Å². The third kappa shape index (κ3) is 3.07. The van der Waals surface area contributed by atoms with Crippen LogP contribution < -0.4 is 4.90 Å². The number of nitrogens with zero attached hydrogens (tertiary/aromatic N) is 2. The Bertz CT molecular complexity index is 887. The minimum atomic E-state index is -0.366. The zero-order valence-electron chi connectivity index (χ0n) is 18.6. The van der Waals surface area contributed by atoms with Crippen LogP contribution in [0, 0.1) is 23.7 Å². The summed E-state index contributed by atoms with van der Waals surface area (Å²) in [6, 6.07) is 8.09. The smallest absolute Gasteiger partial charge is 0.311 e. The lowest BCUT2D eigenvalue weighted by Gasteiger charge is -2.50. The Morgan fingerprint density at radius 2 is 1.94 bits per heavy atom. The first kappa shape index (κ1) is 20.3. The van der Waals surface area contributed by atoms with Crippen molar-refractivity contribution in [2.75, 3.05) is 37.6 Å². The average molecular weight is 445 g/mol. The molecule has 5 nitrogen and oxygen atoms in total. The van der Waals surface area contributed by atoms with Crippen molar-refractivity contribution in [3.05, 3.63) is 29.3 Å². The number of halogens is 1. The van der Waals surface area contributed by atoms with E-state index in [0.717, 1.165) is 57.0 Å². The molecule has 168 valence electrons. The zero-order chi connectivity index (χ0) is 21.4. The van der Waals surface area contributed by atoms with Crippen LogP contribution in [-0.4, -0.2) is 60.9 Å². The molecule has 1 spiro atoms. The Balaban J connectivity index is 1.17. The number of carbonyl (C=O) groups excluding carboxylic acids is 1. The molecule has 31 heavy (non-hydrogen) atoms. The summed E-state index contributed by atoms with van der Waals surface area (Å²) in [7, 11) is 0. The maximum Gasteiger partial charge on any atom is 0.311 e. The van der Waals surface area contributed by atoms with Crippen LogP contribution in [0.3, 0.4) is 0 Å². The molecule has 3 saturated heterocycles. The van der Waals surface area contributed by atoms with Crippen molar-refractivity contribution >= 4 is 23.3 Å². The molecule has 1 aromatic rings. The molecular formula is C25H33ClN2O3. The molecule has 6 heteroatoms. The van der Waals surface area contributed by atoms with E-state index in [9.17, 15) is 4.79 Å². The van der Waals surface area contributed by atoms with Gasteiger partial charge in [0.25, 0.3) is 0 Å². The number of esters is 1. The van der Waals surface area contributed by atoms with Gasteiger partial charge in [-0.2, -0.15) is 0 Å². The van der Waals surface area contributed by atoms with Gasteiger partial charge in [-0.25, -0.2) is 0 Å². The van der Waals surface area contributed by atoms with E-state index in [1.807, 2.05) is 18.2 Å². The van der Waals surface area contributed by atoms with Crippen LogP contribution in [-0.2, 0) is 14.3 Å². The molecule has 0 aromatic heterocycles. The van der Waals surface area contributed by atoms with Crippen LogP contribution in [0.2, 0.25) is 5.02 Å². The number of fused-ring (bicyclic) bond motifs is 1. The number of carbonyl (C=O) groups is 1. The highest BCUT2D eigenvalue weighted by molar-refractivity contribution is 6.30. The van der Waals surface area contributed by atoms with Gasteiger partial charge in [0.2, 0.25) is 0 Å². The monoisotopic (exact) mass is 444 g/mol. The van der Waals surface area contributed by atoms with Gasteiger partial charge >= 0.3 is 5.97 Å². The fourth-order valence-corrected chi connectivity index (χ4v) is 7.59. The number of anilines is 1. The van der Waals surface area contributed by atoms with Gasteiger partial charge in [0.05, 0.1) is 11.5 Å². The summed E-state index contributed by atoms with van der Waals surface area (Å²) in [5.74, 6) is 1.39. The predicted molar refractivity (Wildman–Crippen MR) is 120 cm³/mol. The molecule has 6 rings (SSSR count). The lowest BCUT2D eigenvalue weighted by Crippen LogP contribution is -2.58. The van der Waals surface area contributed by atoms with Gasteiger partial charge in [-0.1, -0.05) is 24.6 Å². The third-order valence-electron chi connectivity index (χ3n) is 9.09. The van der Waals surface area contributed by atoms with E-state index in [2.05, 4.69) is 29.7 Å². The lowest BCUT2D eigenvalue weighted by atomic mass is 9.55. The van der Waals surface area contributed by atoms with Crippen LogP contribution in [0.1, 0.15) is 39.5 Å². The van der Waals surface area contributed by atoms with Gasteiger partial charge in [0.1, 0.15) is 11.7 Å². The molecule has 0 N–H and O–H groups in total. The number of hydrogen-bond acceptors (Lipinski definition) is 5. The molecule has 3 aliphatic heterocycles. The van der Waals surface area contributed by atoms with E-state index in [0.29, 0.717) is 17.8 Å². The standard InChI is InChI=1S/C25H33ClN2O3/c1-16-6-7-21-19(22(29)30-25(21)20(16)8-9-24(2)23(25)31-24)15-27-10-12-28(13-11-27)18-5-3-4-17(26)14-18/h3-5,14,16,19-21,23H,6-13,15H2,1-2H3/t16-,19+,20-,21-,23+,24-,25+/m1/s1. The van der Waals surface area contributed by atoms with Gasteiger partial charge in [0.15, 0.2) is 0 Å². The predicted octanol–water partition coefficient (Wildman–Crippen LogP) is 3.99. The fourth-order valence-electron chi connectivity index (χ4n) is 7.40. The second-order valence-electron chi connectivity index (χ2n) is 10.8. The highest BCUT2D eigenvalue weighted by Crippen LogP contribution is 2.66. The molecule has 0 radical (unpaired) electrons. The third-order valence-corrected chi connectivity index (χ3v) is 9.33. The molecule has 5 aliphatic rings. The second kappa shape index (κ2) is 7.10. The van der Waals surface area contributed by atoms with Gasteiger partial charge in [-0.15, -0.1) is 0 Å². The van der Waals surface area contributed by atoms with Crippen LogP contribution in [0.25, 0.3) is 0 Å². The largest absolute Gasteiger partial charge is 0.455 e. The molecule has 7 atom stereocenters. The van der Waals surface area contributed by atoms with Gasteiger partial charge in [-0.3, -0.25) is 9.69 Å². The highest BCUT2D eigenvalue weighted by atomic mass is 35.5. The number of hydrogen-bond donors (Lipinski definition) is 0. The Morgan fingerprint density at radius 3 is 2.71 bits per heavy atom. The summed E-state index contributed by atoms with van der Waals surface area (Å²) in [6.45, 7) is 9.24. The first-order chi connectivity index (χ1) is 14.9. The quantitative estimate of drug-likeness (QED) is 0.521. The molecule has 0 amide bonds. The molecule has 5 fully saturated rings. The van der Waals surface area contributed by atoms with Crippen molar-refractivity contribution in [2.24, 2.45) is 23.7 Å². The first-order valence-electron chi connectivity index (χ1n) is 12.0. The topological polar surface area (TPSA) is 45.3 Å². The molecule has 2 saturated carbocycles. The minimum absolute atomic E-state index is 0.0146. The molecule has 2 aliphatic carbocycles. The second-order valence-corrected chi connectivity index (χ2v) is 11.2. The average Bonchev–Trinajstić information content (AvgIpc) is 3.38. The Hall–Kier alpha value is -1.30. The van der Waals surface area contributed by atoms with E-state index in [1.54, 1.807) is 0 Å². The highest BCUT2D eigenvalue weighted by Gasteiger charge is 2.77. The Morgan fingerprint density at radius 1 is 1.13 bits per heavy atom. The molecular weight excluding hydrogens is 412 g/mol. The molecule has 0 unspecified atom stereocenters. The molecule has 1 aromatic carbocycles. The van der Waals surface area contributed by atoms with E-state index in [1.165, 1.54) is 12.1 Å². The van der Waals surface area contributed by atoms with Gasteiger partial charge in [-0.05, 0) is 56.7 Å². The Labute approximate surface area is 190 Å². The fraction of sp³-hybridized carbons (Fsp3) is 0.720. The molecule has 0 bridgehead atoms. The van der Waals surface area contributed by atoms with E-state index < -0.39 is 0 Å². The summed E-state index contributed by atoms with van der Waals surface area (Å²) in [6.07, 6.45) is 4.64. The summed E-state index contributed by atoms with van der Waals surface area (Å²) < 4.78 is 12.6.